The monoisotopic (exact) mass is 338 g/mol. The Labute approximate surface area is 147 Å². The SMILES string of the molecule is CC(C)(C)n1cc(C(=O)N2CCN(c3cc(C#N)ccn3)CC2)cn1. The van der Waals surface area contributed by atoms with Crippen molar-refractivity contribution in [1.82, 2.24) is 19.7 Å². The van der Waals surface area contributed by atoms with E-state index in [0.717, 1.165) is 5.82 Å². The zero-order valence-electron chi connectivity index (χ0n) is 14.8. The van der Waals surface area contributed by atoms with E-state index < -0.39 is 0 Å². The number of carbonyl (C=O) groups is 1. The molecule has 0 bridgehead atoms. The minimum absolute atomic E-state index is 0.00823. The number of rotatable bonds is 2. The van der Waals surface area contributed by atoms with Gasteiger partial charge in [0.1, 0.15) is 5.82 Å². The summed E-state index contributed by atoms with van der Waals surface area (Å²) in [6.45, 7) is 8.79. The first-order chi connectivity index (χ1) is 11.9. The Hall–Kier alpha value is -2.88. The van der Waals surface area contributed by atoms with Crippen LogP contribution in [0.2, 0.25) is 0 Å². The van der Waals surface area contributed by atoms with Crippen molar-refractivity contribution < 1.29 is 4.79 Å². The number of nitriles is 1. The summed E-state index contributed by atoms with van der Waals surface area (Å²) in [5.41, 5.74) is 1.07. The Morgan fingerprint density at radius 2 is 1.96 bits per heavy atom. The molecule has 1 saturated heterocycles. The summed E-state index contributed by atoms with van der Waals surface area (Å²) in [7, 11) is 0. The van der Waals surface area contributed by atoms with Crippen LogP contribution in [0.3, 0.4) is 0 Å². The summed E-state index contributed by atoms with van der Waals surface area (Å²) < 4.78 is 1.81. The molecule has 25 heavy (non-hydrogen) atoms. The maximum atomic E-state index is 12.7. The van der Waals surface area contributed by atoms with Crippen molar-refractivity contribution in [3.8, 4) is 6.07 Å². The van der Waals surface area contributed by atoms with E-state index in [2.05, 4.69) is 41.8 Å². The Balaban J connectivity index is 1.65. The van der Waals surface area contributed by atoms with Crippen LogP contribution >= 0.6 is 0 Å². The van der Waals surface area contributed by atoms with Crippen molar-refractivity contribution in [3.63, 3.8) is 0 Å². The largest absolute Gasteiger partial charge is 0.353 e. The fourth-order valence-corrected chi connectivity index (χ4v) is 2.78. The molecule has 2 aromatic rings. The van der Waals surface area contributed by atoms with Gasteiger partial charge in [0, 0.05) is 38.6 Å². The molecule has 3 heterocycles. The van der Waals surface area contributed by atoms with Gasteiger partial charge in [-0.2, -0.15) is 10.4 Å². The summed E-state index contributed by atoms with van der Waals surface area (Å²) in [4.78, 5) is 20.9. The molecule has 1 aliphatic heterocycles. The third-order valence-corrected chi connectivity index (χ3v) is 4.28. The molecule has 0 unspecified atom stereocenters. The number of hydrogen-bond donors (Lipinski definition) is 0. The Bertz CT molecular complexity index is 805. The molecule has 7 nitrogen and oxygen atoms in total. The summed E-state index contributed by atoms with van der Waals surface area (Å²) in [6.07, 6.45) is 5.09. The number of hydrogen-bond acceptors (Lipinski definition) is 5. The molecular weight excluding hydrogens is 316 g/mol. The van der Waals surface area contributed by atoms with Gasteiger partial charge in [-0.05, 0) is 32.9 Å². The summed E-state index contributed by atoms with van der Waals surface area (Å²) in [6, 6.07) is 5.60. The van der Waals surface area contributed by atoms with Gasteiger partial charge in [0.2, 0.25) is 0 Å². The lowest BCUT2D eigenvalue weighted by molar-refractivity contribution is 0.0746. The molecule has 0 radical (unpaired) electrons. The number of aromatic nitrogens is 3. The van der Waals surface area contributed by atoms with Gasteiger partial charge in [-0.25, -0.2) is 4.98 Å². The standard InChI is InChI=1S/C18H22N6O/c1-18(2,3)24-13-15(12-21-24)17(25)23-8-6-22(7-9-23)16-10-14(11-19)4-5-20-16/h4-5,10,12-13H,6-9H2,1-3H3. The zero-order chi connectivity index (χ0) is 18.0. The third kappa shape index (κ3) is 3.63. The van der Waals surface area contributed by atoms with E-state index >= 15 is 0 Å². The maximum Gasteiger partial charge on any atom is 0.257 e. The fraction of sp³-hybridized carbons (Fsp3) is 0.444. The van der Waals surface area contributed by atoms with Crippen molar-refractivity contribution >= 4 is 11.7 Å². The van der Waals surface area contributed by atoms with Crippen LogP contribution in [0.5, 0.6) is 0 Å². The number of anilines is 1. The molecule has 0 aliphatic carbocycles. The quantitative estimate of drug-likeness (QED) is 0.835. The molecule has 0 atom stereocenters. The van der Waals surface area contributed by atoms with Crippen LogP contribution in [0.15, 0.2) is 30.7 Å². The zero-order valence-corrected chi connectivity index (χ0v) is 14.8. The lowest BCUT2D eigenvalue weighted by atomic mass is 10.1. The highest BCUT2D eigenvalue weighted by atomic mass is 16.2. The lowest BCUT2D eigenvalue weighted by Crippen LogP contribution is -2.49. The topological polar surface area (TPSA) is 78.0 Å². The third-order valence-electron chi connectivity index (χ3n) is 4.28. The number of piperazine rings is 1. The van der Waals surface area contributed by atoms with Crippen molar-refractivity contribution in [2.45, 2.75) is 26.3 Å². The summed E-state index contributed by atoms with van der Waals surface area (Å²) in [5.74, 6) is 0.792. The highest BCUT2D eigenvalue weighted by Crippen LogP contribution is 2.17. The molecule has 0 spiro atoms. The molecule has 3 rings (SSSR count). The molecule has 2 aromatic heterocycles. The van der Waals surface area contributed by atoms with Gasteiger partial charge < -0.3 is 9.80 Å². The van der Waals surface area contributed by atoms with Crippen molar-refractivity contribution in [2.24, 2.45) is 0 Å². The first-order valence-corrected chi connectivity index (χ1v) is 8.34. The Kier molecular flexibility index (Phi) is 4.45. The minimum Gasteiger partial charge on any atom is -0.353 e. The van der Waals surface area contributed by atoms with Crippen molar-refractivity contribution in [2.75, 3.05) is 31.1 Å². The predicted octanol–water partition coefficient (Wildman–Crippen LogP) is 1.87. The van der Waals surface area contributed by atoms with E-state index in [-0.39, 0.29) is 11.4 Å². The number of nitrogens with zero attached hydrogens (tertiary/aromatic N) is 6. The first-order valence-electron chi connectivity index (χ1n) is 8.34. The van der Waals surface area contributed by atoms with Crippen LogP contribution in [-0.4, -0.2) is 51.8 Å². The average Bonchev–Trinajstić information content (AvgIpc) is 3.12. The molecular formula is C18H22N6O. The van der Waals surface area contributed by atoms with E-state index in [0.29, 0.717) is 37.3 Å². The molecule has 0 aromatic carbocycles. The molecule has 0 saturated carbocycles. The van der Waals surface area contributed by atoms with Crippen molar-refractivity contribution in [3.05, 3.63) is 41.9 Å². The van der Waals surface area contributed by atoms with Gasteiger partial charge in [0.25, 0.3) is 5.91 Å². The first kappa shape index (κ1) is 17.0. The van der Waals surface area contributed by atoms with Crippen LogP contribution in [0.25, 0.3) is 0 Å². The van der Waals surface area contributed by atoms with Crippen LogP contribution in [0.4, 0.5) is 5.82 Å². The van der Waals surface area contributed by atoms with Gasteiger partial charge in [-0.1, -0.05) is 0 Å². The highest BCUT2D eigenvalue weighted by molar-refractivity contribution is 5.93. The minimum atomic E-state index is -0.144. The molecule has 7 heteroatoms. The second kappa shape index (κ2) is 6.55. The van der Waals surface area contributed by atoms with Crippen LogP contribution in [0.1, 0.15) is 36.7 Å². The second-order valence-electron chi connectivity index (χ2n) is 7.14. The number of carbonyl (C=O) groups excluding carboxylic acids is 1. The van der Waals surface area contributed by atoms with Gasteiger partial charge in [0.15, 0.2) is 0 Å². The number of amides is 1. The molecule has 1 aliphatic rings. The second-order valence-corrected chi connectivity index (χ2v) is 7.14. The fourth-order valence-electron chi connectivity index (χ4n) is 2.78. The lowest BCUT2D eigenvalue weighted by Gasteiger charge is -2.35. The van der Waals surface area contributed by atoms with Gasteiger partial charge >= 0.3 is 0 Å². The Morgan fingerprint density at radius 1 is 1.24 bits per heavy atom. The van der Waals surface area contributed by atoms with Crippen molar-refractivity contribution in [1.29, 1.82) is 5.26 Å². The van der Waals surface area contributed by atoms with E-state index in [1.807, 2.05) is 15.8 Å². The molecule has 1 amide bonds. The van der Waals surface area contributed by atoms with Crippen LogP contribution < -0.4 is 4.90 Å². The maximum absolute atomic E-state index is 12.7. The van der Waals surface area contributed by atoms with E-state index in [1.54, 1.807) is 24.5 Å². The van der Waals surface area contributed by atoms with E-state index in [1.165, 1.54) is 0 Å². The van der Waals surface area contributed by atoms with Crippen LogP contribution in [-0.2, 0) is 5.54 Å². The predicted molar refractivity (Wildman–Crippen MR) is 94.3 cm³/mol. The average molecular weight is 338 g/mol. The molecule has 0 N–H and O–H groups in total. The van der Waals surface area contributed by atoms with Gasteiger partial charge in [-0.3, -0.25) is 9.48 Å². The van der Waals surface area contributed by atoms with E-state index in [9.17, 15) is 4.79 Å². The van der Waals surface area contributed by atoms with Gasteiger partial charge in [-0.15, -0.1) is 0 Å². The smallest absolute Gasteiger partial charge is 0.257 e. The molecule has 1 fully saturated rings. The Morgan fingerprint density at radius 3 is 2.56 bits per heavy atom. The van der Waals surface area contributed by atoms with Gasteiger partial charge in [0.05, 0.1) is 28.9 Å². The normalized spacial score (nSPS) is 15.1. The summed E-state index contributed by atoms with van der Waals surface area (Å²) in [5, 5.41) is 13.3. The summed E-state index contributed by atoms with van der Waals surface area (Å²) >= 11 is 0. The van der Waals surface area contributed by atoms with Crippen LogP contribution in [0, 0.1) is 11.3 Å². The number of pyridine rings is 1. The van der Waals surface area contributed by atoms with E-state index in [4.69, 9.17) is 5.26 Å². The molecule has 130 valence electrons. The highest BCUT2D eigenvalue weighted by Gasteiger charge is 2.25.